The first-order valence-corrected chi connectivity index (χ1v) is 7.84. The standard InChI is InChI=1S/C17H25N3O2/c1-12-6-5-7-14(10-12)17(8-3-4-9-17)11-19-15(21)13(2)20-16(18)22/h5-7,10,13H,3-4,8-9,11H2,1-2H3,(H,19,21)(H3,18,20,22)/t13-/m0/s1. The number of primary amides is 1. The molecule has 5 heteroatoms. The lowest BCUT2D eigenvalue weighted by molar-refractivity contribution is -0.122. The molecule has 0 aliphatic heterocycles. The molecule has 22 heavy (non-hydrogen) atoms. The molecule has 1 aliphatic carbocycles. The second-order valence-corrected chi connectivity index (χ2v) is 6.30. The fourth-order valence-electron chi connectivity index (χ4n) is 3.28. The van der Waals surface area contributed by atoms with Crippen molar-refractivity contribution < 1.29 is 9.59 Å². The molecule has 2 rings (SSSR count). The number of amides is 3. The van der Waals surface area contributed by atoms with Crippen molar-refractivity contribution in [1.82, 2.24) is 10.6 Å². The van der Waals surface area contributed by atoms with Crippen LogP contribution in [0, 0.1) is 6.92 Å². The van der Waals surface area contributed by atoms with Crippen molar-refractivity contribution in [2.75, 3.05) is 6.54 Å². The number of carbonyl (C=O) groups is 2. The fourth-order valence-corrected chi connectivity index (χ4v) is 3.28. The maximum absolute atomic E-state index is 12.1. The molecule has 0 bridgehead atoms. The monoisotopic (exact) mass is 303 g/mol. The second-order valence-electron chi connectivity index (χ2n) is 6.30. The number of carbonyl (C=O) groups excluding carboxylic acids is 2. The quantitative estimate of drug-likeness (QED) is 0.777. The minimum absolute atomic E-state index is 0.00806. The van der Waals surface area contributed by atoms with E-state index in [1.165, 1.54) is 24.0 Å². The highest BCUT2D eigenvalue weighted by molar-refractivity contribution is 5.86. The normalized spacial score (nSPS) is 17.7. The predicted molar refractivity (Wildman–Crippen MR) is 86.5 cm³/mol. The van der Waals surface area contributed by atoms with Crippen molar-refractivity contribution in [1.29, 1.82) is 0 Å². The number of nitrogens with two attached hydrogens (primary N) is 1. The van der Waals surface area contributed by atoms with E-state index in [2.05, 4.69) is 41.8 Å². The van der Waals surface area contributed by atoms with Crippen LogP contribution in [-0.2, 0) is 10.2 Å². The molecule has 1 atom stereocenters. The number of hydrogen-bond acceptors (Lipinski definition) is 2. The molecule has 1 saturated carbocycles. The van der Waals surface area contributed by atoms with E-state index in [1.54, 1.807) is 6.92 Å². The molecule has 0 unspecified atom stereocenters. The highest BCUT2D eigenvalue weighted by atomic mass is 16.2. The molecule has 1 fully saturated rings. The first-order valence-electron chi connectivity index (χ1n) is 7.84. The van der Waals surface area contributed by atoms with Crippen LogP contribution in [0.1, 0.15) is 43.7 Å². The van der Waals surface area contributed by atoms with Crippen LogP contribution in [0.3, 0.4) is 0 Å². The topological polar surface area (TPSA) is 84.2 Å². The molecule has 0 heterocycles. The Hall–Kier alpha value is -2.04. The molecule has 1 aliphatic rings. The first-order chi connectivity index (χ1) is 10.4. The van der Waals surface area contributed by atoms with E-state index < -0.39 is 12.1 Å². The molecule has 3 amide bonds. The average molecular weight is 303 g/mol. The van der Waals surface area contributed by atoms with Gasteiger partial charge in [0, 0.05) is 12.0 Å². The maximum Gasteiger partial charge on any atom is 0.312 e. The van der Waals surface area contributed by atoms with Crippen LogP contribution in [-0.4, -0.2) is 24.5 Å². The summed E-state index contributed by atoms with van der Waals surface area (Å²) in [7, 11) is 0. The molecular weight excluding hydrogens is 278 g/mol. The third-order valence-electron chi connectivity index (χ3n) is 4.54. The number of benzene rings is 1. The Balaban J connectivity index is 2.06. The number of nitrogens with one attached hydrogen (secondary N) is 2. The Labute approximate surface area is 131 Å². The first kappa shape index (κ1) is 16.3. The zero-order valence-corrected chi connectivity index (χ0v) is 13.3. The summed E-state index contributed by atoms with van der Waals surface area (Å²) < 4.78 is 0. The lowest BCUT2D eigenvalue weighted by Crippen LogP contribution is -2.49. The van der Waals surface area contributed by atoms with Crippen molar-refractivity contribution >= 4 is 11.9 Å². The van der Waals surface area contributed by atoms with Gasteiger partial charge in [0.2, 0.25) is 5.91 Å². The van der Waals surface area contributed by atoms with Gasteiger partial charge in [-0.3, -0.25) is 4.79 Å². The number of urea groups is 1. The van der Waals surface area contributed by atoms with Gasteiger partial charge in [-0.2, -0.15) is 0 Å². The summed E-state index contributed by atoms with van der Waals surface area (Å²) in [5, 5.41) is 5.39. The van der Waals surface area contributed by atoms with Crippen molar-refractivity contribution in [3.63, 3.8) is 0 Å². The van der Waals surface area contributed by atoms with Gasteiger partial charge >= 0.3 is 6.03 Å². The molecule has 0 radical (unpaired) electrons. The Morgan fingerprint density at radius 2 is 2.00 bits per heavy atom. The van der Waals surface area contributed by atoms with Gasteiger partial charge < -0.3 is 16.4 Å². The largest absolute Gasteiger partial charge is 0.353 e. The van der Waals surface area contributed by atoms with E-state index in [9.17, 15) is 9.59 Å². The van der Waals surface area contributed by atoms with Crippen molar-refractivity contribution in [3.05, 3.63) is 35.4 Å². The van der Waals surface area contributed by atoms with Crippen molar-refractivity contribution in [2.24, 2.45) is 5.73 Å². The van der Waals surface area contributed by atoms with Gasteiger partial charge in [0.1, 0.15) is 6.04 Å². The van der Waals surface area contributed by atoms with Crippen LogP contribution >= 0.6 is 0 Å². The summed E-state index contributed by atoms with van der Waals surface area (Å²) in [6.07, 6.45) is 4.51. The molecule has 1 aromatic carbocycles. The van der Waals surface area contributed by atoms with Crippen molar-refractivity contribution in [2.45, 2.75) is 51.0 Å². The minimum Gasteiger partial charge on any atom is -0.353 e. The second kappa shape index (κ2) is 6.81. The summed E-state index contributed by atoms with van der Waals surface area (Å²) in [5.41, 5.74) is 7.59. The van der Waals surface area contributed by atoms with E-state index in [4.69, 9.17) is 5.73 Å². The number of hydrogen-bond donors (Lipinski definition) is 3. The average Bonchev–Trinajstić information content (AvgIpc) is 2.94. The van der Waals surface area contributed by atoms with Gasteiger partial charge in [0.15, 0.2) is 0 Å². The molecule has 0 saturated heterocycles. The molecule has 0 aromatic heterocycles. The fraction of sp³-hybridized carbons (Fsp3) is 0.529. The SMILES string of the molecule is Cc1cccc(C2(CNC(=O)[C@H](C)NC(N)=O)CCCC2)c1. The van der Waals surface area contributed by atoms with E-state index in [-0.39, 0.29) is 11.3 Å². The van der Waals surface area contributed by atoms with E-state index in [0.717, 1.165) is 12.8 Å². The Morgan fingerprint density at radius 3 is 2.59 bits per heavy atom. The summed E-state index contributed by atoms with van der Waals surface area (Å²) >= 11 is 0. The van der Waals surface area contributed by atoms with Gasteiger partial charge in [-0.1, -0.05) is 42.7 Å². The van der Waals surface area contributed by atoms with Gasteiger partial charge in [-0.15, -0.1) is 0 Å². The van der Waals surface area contributed by atoms with Crippen LogP contribution in [0.5, 0.6) is 0 Å². The summed E-state index contributed by atoms with van der Waals surface area (Å²) in [4.78, 5) is 22.9. The molecule has 5 nitrogen and oxygen atoms in total. The van der Waals surface area contributed by atoms with Gasteiger partial charge in [-0.05, 0) is 32.3 Å². The van der Waals surface area contributed by atoms with Crippen LogP contribution in [0.25, 0.3) is 0 Å². The third kappa shape index (κ3) is 3.78. The molecule has 1 aromatic rings. The molecule has 0 spiro atoms. The highest BCUT2D eigenvalue weighted by Gasteiger charge is 2.36. The van der Waals surface area contributed by atoms with Gasteiger partial charge in [-0.25, -0.2) is 4.79 Å². The van der Waals surface area contributed by atoms with Crippen LogP contribution in [0.2, 0.25) is 0 Å². The smallest absolute Gasteiger partial charge is 0.312 e. The summed E-state index contributed by atoms with van der Waals surface area (Å²) in [5.74, 6) is -0.197. The Bertz CT molecular complexity index is 551. The summed E-state index contributed by atoms with van der Waals surface area (Å²) in [6, 6.07) is 7.22. The van der Waals surface area contributed by atoms with E-state index in [0.29, 0.717) is 6.54 Å². The zero-order valence-electron chi connectivity index (χ0n) is 13.3. The number of aryl methyl sites for hydroxylation is 1. The van der Waals surface area contributed by atoms with Crippen LogP contribution < -0.4 is 16.4 Å². The molecule has 120 valence electrons. The third-order valence-corrected chi connectivity index (χ3v) is 4.54. The Morgan fingerprint density at radius 1 is 1.32 bits per heavy atom. The lowest BCUT2D eigenvalue weighted by Gasteiger charge is -2.31. The minimum atomic E-state index is -0.683. The predicted octanol–water partition coefficient (Wildman–Crippen LogP) is 1.98. The number of rotatable bonds is 5. The molecule has 4 N–H and O–H groups in total. The van der Waals surface area contributed by atoms with E-state index >= 15 is 0 Å². The zero-order chi connectivity index (χ0) is 16.2. The lowest BCUT2D eigenvalue weighted by atomic mass is 9.78. The van der Waals surface area contributed by atoms with E-state index in [1.807, 2.05) is 0 Å². The Kier molecular flexibility index (Phi) is 5.06. The van der Waals surface area contributed by atoms with Crippen molar-refractivity contribution in [3.8, 4) is 0 Å². The summed E-state index contributed by atoms with van der Waals surface area (Å²) in [6.45, 7) is 4.32. The van der Waals surface area contributed by atoms with Crippen LogP contribution in [0.4, 0.5) is 4.79 Å². The highest BCUT2D eigenvalue weighted by Crippen LogP contribution is 2.40. The van der Waals surface area contributed by atoms with Crippen LogP contribution in [0.15, 0.2) is 24.3 Å². The maximum atomic E-state index is 12.1. The van der Waals surface area contributed by atoms with Gasteiger partial charge in [0.05, 0.1) is 0 Å². The molecular formula is C17H25N3O2. The van der Waals surface area contributed by atoms with Gasteiger partial charge in [0.25, 0.3) is 0 Å².